The Bertz CT molecular complexity index is 1560. The fourth-order valence-corrected chi connectivity index (χ4v) is 4.87. The van der Waals surface area contributed by atoms with Crippen LogP contribution in [0.25, 0.3) is 17.5 Å². The summed E-state index contributed by atoms with van der Waals surface area (Å²) < 4.78 is 5.97. The smallest absolute Gasteiger partial charge is 0.332 e. The number of nitrogens with one attached hydrogen (secondary N) is 1. The molecule has 0 saturated carbocycles. The Balaban J connectivity index is 2.05. The molecule has 10 heteroatoms. The summed E-state index contributed by atoms with van der Waals surface area (Å²) in [7, 11) is 1.19. The summed E-state index contributed by atoms with van der Waals surface area (Å²) >= 11 is 0.923. The van der Waals surface area contributed by atoms with Crippen molar-refractivity contribution in [2.24, 2.45) is 5.73 Å². The van der Waals surface area contributed by atoms with E-state index in [1.54, 1.807) is 36.5 Å². The van der Waals surface area contributed by atoms with Gasteiger partial charge in [0, 0.05) is 24.2 Å². The molecule has 1 aromatic carbocycles. The number of carbonyl (C=O) groups excluding carboxylic acids is 2. The minimum atomic E-state index is -0.868. The minimum absolute atomic E-state index is 0.0229. The number of anilines is 1. The Morgan fingerprint density at radius 3 is 2.76 bits per heavy atom. The zero-order chi connectivity index (χ0) is 24.4. The summed E-state index contributed by atoms with van der Waals surface area (Å²) in [5, 5.41) is 12.8. The van der Waals surface area contributed by atoms with E-state index in [-0.39, 0.29) is 26.2 Å². The van der Waals surface area contributed by atoms with Crippen molar-refractivity contribution >= 4 is 46.4 Å². The number of aromatic nitrogens is 2. The van der Waals surface area contributed by atoms with Crippen LogP contribution in [-0.2, 0) is 14.3 Å². The second-order valence-electron chi connectivity index (χ2n) is 7.45. The molecule has 0 aliphatic carbocycles. The number of methoxy groups -OCH3 is 1. The van der Waals surface area contributed by atoms with Crippen LogP contribution in [0.2, 0.25) is 0 Å². The summed E-state index contributed by atoms with van der Waals surface area (Å²) in [6.07, 6.45) is 4.15. The van der Waals surface area contributed by atoms with Gasteiger partial charge in [-0.1, -0.05) is 18.2 Å². The molecule has 3 heterocycles. The number of thiazole rings is 1. The van der Waals surface area contributed by atoms with Crippen LogP contribution in [0.5, 0.6) is 0 Å². The van der Waals surface area contributed by atoms with Crippen molar-refractivity contribution in [3.63, 3.8) is 0 Å². The molecule has 0 fully saturated rings. The molecule has 0 bridgehead atoms. The molecule has 2 aromatic heterocycles. The van der Waals surface area contributed by atoms with E-state index in [4.69, 9.17) is 5.73 Å². The summed E-state index contributed by atoms with van der Waals surface area (Å²) in [6.45, 7) is 1.89. The number of hydrogen-bond acceptors (Lipinski definition) is 8. The van der Waals surface area contributed by atoms with Gasteiger partial charge in [0.25, 0.3) is 11.5 Å². The van der Waals surface area contributed by atoms with Gasteiger partial charge in [-0.25, -0.2) is 4.79 Å². The molecule has 0 spiro atoms. The predicted octanol–water partition coefficient (Wildman–Crippen LogP) is 0.804. The van der Waals surface area contributed by atoms with E-state index in [1.165, 1.54) is 13.3 Å². The van der Waals surface area contributed by atoms with Crippen molar-refractivity contribution in [3.8, 4) is 6.07 Å². The Kier molecular flexibility index (Phi) is 6.12. The number of carbonyl (C=O) groups is 2. The highest BCUT2D eigenvalue weighted by molar-refractivity contribution is 7.07. The predicted molar refractivity (Wildman–Crippen MR) is 128 cm³/mol. The van der Waals surface area contributed by atoms with Crippen LogP contribution in [0.4, 0.5) is 5.69 Å². The van der Waals surface area contributed by atoms with E-state index in [0.29, 0.717) is 11.3 Å². The standard InChI is InChI=1S/C24H19N5O4S/c1-13-5-3-7-15(9-13)28-22(31)20-19(14-6-4-8-27-12-14)16(11-25)21(26)29-23(32)17(34-24(20)29)10-18(30)33-2/h3-10,12,19H,26H2,1-2H3,(H,28,31)/b17-10-/t19-/m1/s1. The Morgan fingerprint density at radius 2 is 2.12 bits per heavy atom. The van der Waals surface area contributed by atoms with Crippen LogP contribution in [-0.4, -0.2) is 28.5 Å². The Hall–Kier alpha value is -4.49. The number of ether oxygens (including phenoxy) is 1. The van der Waals surface area contributed by atoms with Crippen LogP contribution in [0, 0.1) is 18.3 Å². The molecule has 3 aromatic rings. The molecule has 0 saturated heterocycles. The van der Waals surface area contributed by atoms with Gasteiger partial charge in [0.2, 0.25) is 0 Å². The normalized spacial score (nSPS) is 15.5. The fraction of sp³-hybridized carbons (Fsp3) is 0.125. The van der Waals surface area contributed by atoms with Crippen LogP contribution in [0.3, 0.4) is 0 Å². The molecule has 1 amide bonds. The lowest BCUT2D eigenvalue weighted by Gasteiger charge is -2.25. The quantitative estimate of drug-likeness (QED) is 0.534. The van der Waals surface area contributed by atoms with Crippen molar-refractivity contribution < 1.29 is 14.3 Å². The lowest BCUT2D eigenvalue weighted by Crippen LogP contribution is -2.40. The summed E-state index contributed by atoms with van der Waals surface area (Å²) in [5.41, 5.74) is 7.87. The number of hydrogen-bond donors (Lipinski definition) is 2. The number of allylic oxidation sites excluding steroid dienone is 1. The van der Waals surface area contributed by atoms with Crippen molar-refractivity contribution in [1.82, 2.24) is 9.55 Å². The van der Waals surface area contributed by atoms with Crippen LogP contribution >= 0.6 is 11.3 Å². The van der Waals surface area contributed by atoms with E-state index in [1.807, 2.05) is 13.0 Å². The molecule has 4 rings (SSSR count). The maximum absolute atomic E-state index is 13.6. The second-order valence-corrected chi connectivity index (χ2v) is 8.48. The molecule has 9 nitrogen and oxygen atoms in total. The number of pyridine rings is 1. The molecule has 3 N–H and O–H groups in total. The van der Waals surface area contributed by atoms with E-state index >= 15 is 0 Å². The third-order valence-corrected chi connectivity index (χ3v) is 6.37. The summed E-state index contributed by atoms with van der Waals surface area (Å²) in [6, 6.07) is 12.7. The largest absolute Gasteiger partial charge is 0.466 e. The molecular formula is C24H19N5O4S. The number of fused-ring (bicyclic) bond motifs is 1. The maximum atomic E-state index is 13.6. The second kappa shape index (κ2) is 9.17. The van der Waals surface area contributed by atoms with Gasteiger partial charge in [-0.05, 0) is 36.2 Å². The van der Waals surface area contributed by atoms with Crippen molar-refractivity contribution in [2.75, 3.05) is 12.4 Å². The van der Waals surface area contributed by atoms with Gasteiger partial charge in [0.1, 0.15) is 15.0 Å². The molecular weight excluding hydrogens is 454 g/mol. The molecule has 0 radical (unpaired) electrons. The molecule has 1 aliphatic rings. The number of nitrogens with two attached hydrogens (primary N) is 1. The first-order chi connectivity index (χ1) is 16.3. The average Bonchev–Trinajstić information content (AvgIpc) is 3.15. The van der Waals surface area contributed by atoms with Gasteiger partial charge in [0.05, 0.1) is 30.2 Å². The topological polar surface area (TPSA) is 140 Å². The highest BCUT2D eigenvalue weighted by atomic mass is 32.1. The van der Waals surface area contributed by atoms with Gasteiger partial charge < -0.3 is 15.8 Å². The highest BCUT2D eigenvalue weighted by Crippen LogP contribution is 2.36. The van der Waals surface area contributed by atoms with Gasteiger partial charge in [0.15, 0.2) is 0 Å². The van der Waals surface area contributed by atoms with Crippen molar-refractivity contribution in [1.29, 1.82) is 5.26 Å². The maximum Gasteiger partial charge on any atom is 0.332 e. The number of esters is 1. The van der Waals surface area contributed by atoms with E-state index in [9.17, 15) is 19.6 Å². The van der Waals surface area contributed by atoms with Gasteiger partial charge in [-0.3, -0.25) is 19.1 Å². The zero-order valence-electron chi connectivity index (χ0n) is 18.2. The van der Waals surface area contributed by atoms with Gasteiger partial charge in [-0.15, -0.1) is 11.3 Å². The van der Waals surface area contributed by atoms with Crippen molar-refractivity contribution in [2.45, 2.75) is 12.8 Å². The lowest BCUT2D eigenvalue weighted by atomic mass is 9.84. The SMILES string of the molecule is COC(=O)/C=c1\sc2n(c1=O)C(N)=C(C#N)[C@@H](c1cccnc1)C=2C(=O)Nc1cccc(C)c1. The number of aryl methyl sites for hydroxylation is 1. The summed E-state index contributed by atoms with van der Waals surface area (Å²) in [4.78, 5) is 42.7. The number of rotatable bonds is 4. The number of benzene rings is 1. The van der Waals surface area contributed by atoms with Crippen LogP contribution < -0.4 is 25.8 Å². The van der Waals surface area contributed by atoms with Crippen LogP contribution in [0.15, 0.2) is 59.2 Å². The number of nitriles is 1. The first kappa shape index (κ1) is 22.7. The molecule has 34 heavy (non-hydrogen) atoms. The minimum Gasteiger partial charge on any atom is -0.466 e. The van der Waals surface area contributed by atoms with E-state index in [0.717, 1.165) is 27.5 Å². The Labute approximate surface area is 197 Å². The molecule has 1 aliphatic heterocycles. The van der Waals surface area contributed by atoms with Crippen molar-refractivity contribution in [3.05, 3.63) is 85.0 Å². The highest BCUT2D eigenvalue weighted by Gasteiger charge is 2.35. The molecule has 0 unspecified atom stereocenters. The van der Waals surface area contributed by atoms with Gasteiger partial charge in [-0.2, -0.15) is 5.26 Å². The monoisotopic (exact) mass is 473 g/mol. The van der Waals surface area contributed by atoms with E-state index < -0.39 is 23.4 Å². The number of nitrogens with zero attached hydrogens (tertiary/aromatic N) is 3. The zero-order valence-corrected chi connectivity index (χ0v) is 19.1. The lowest BCUT2D eigenvalue weighted by molar-refractivity contribution is -0.133. The fourth-order valence-electron chi connectivity index (χ4n) is 3.73. The first-order valence-electron chi connectivity index (χ1n) is 10.1. The first-order valence-corrected chi connectivity index (χ1v) is 10.9. The molecule has 1 atom stereocenters. The van der Waals surface area contributed by atoms with E-state index in [2.05, 4.69) is 21.1 Å². The third kappa shape index (κ3) is 4.00. The number of amides is 1. The summed E-state index contributed by atoms with van der Waals surface area (Å²) in [5.74, 6) is -2.22. The third-order valence-electron chi connectivity index (χ3n) is 5.26. The van der Waals surface area contributed by atoms with Gasteiger partial charge >= 0.3 is 5.97 Å². The molecule has 170 valence electrons. The van der Waals surface area contributed by atoms with Crippen LogP contribution in [0.1, 0.15) is 17.0 Å². The average molecular weight is 474 g/mol. The Morgan fingerprint density at radius 1 is 1.32 bits per heavy atom.